The lowest BCUT2D eigenvalue weighted by Crippen LogP contribution is -2.52. The molecule has 1 aromatic carbocycles. The third kappa shape index (κ3) is 4.63. The van der Waals surface area contributed by atoms with Gasteiger partial charge in [-0.05, 0) is 32.3 Å². The average molecular weight is 373 g/mol. The molecule has 0 radical (unpaired) electrons. The number of methoxy groups -OCH3 is 1. The summed E-state index contributed by atoms with van der Waals surface area (Å²) in [6, 6.07) is 4.11. The molecule has 2 amide bonds. The maximum absolute atomic E-state index is 12.8. The van der Waals surface area contributed by atoms with E-state index < -0.39 is 0 Å². The number of amides is 2. The Morgan fingerprint density at radius 3 is 2.26 bits per heavy atom. The number of hydrogen-bond acceptors (Lipinski definition) is 3. The molecule has 1 aromatic rings. The molecule has 2 fully saturated rings. The van der Waals surface area contributed by atoms with E-state index in [0.29, 0.717) is 38.5 Å². The summed E-state index contributed by atoms with van der Waals surface area (Å²) in [5, 5.41) is 0. The van der Waals surface area contributed by atoms with Crippen molar-refractivity contribution in [2.45, 2.75) is 52.4 Å². The van der Waals surface area contributed by atoms with Gasteiger partial charge in [-0.25, -0.2) is 0 Å². The van der Waals surface area contributed by atoms with Crippen LogP contribution in [0, 0.1) is 19.8 Å². The van der Waals surface area contributed by atoms with E-state index in [-0.39, 0.29) is 11.8 Å². The molecule has 0 atom stereocenters. The van der Waals surface area contributed by atoms with Crippen LogP contribution in [0.4, 0.5) is 0 Å². The second kappa shape index (κ2) is 8.77. The third-order valence-corrected chi connectivity index (χ3v) is 5.94. The van der Waals surface area contributed by atoms with Crippen molar-refractivity contribution in [1.82, 2.24) is 9.80 Å². The smallest absolute Gasteiger partial charge is 0.227 e. The Morgan fingerprint density at radius 1 is 1.00 bits per heavy atom. The summed E-state index contributed by atoms with van der Waals surface area (Å²) in [5.41, 5.74) is 3.14. The van der Waals surface area contributed by atoms with Gasteiger partial charge in [-0.3, -0.25) is 9.59 Å². The summed E-state index contributed by atoms with van der Waals surface area (Å²) in [4.78, 5) is 29.3. The molecule has 1 aliphatic carbocycles. The molecule has 0 aromatic heterocycles. The normalized spacial score (nSPS) is 18.5. The van der Waals surface area contributed by atoms with Gasteiger partial charge in [0, 0.05) is 37.7 Å². The van der Waals surface area contributed by atoms with Gasteiger partial charge in [-0.1, -0.05) is 37.0 Å². The fourth-order valence-corrected chi connectivity index (χ4v) is 4.52. The Labute approximate surface area is 162 Å². The Morgan fingerprint density at radius 2 is 1.63 bits per heavy atom. The monoisotopic (exact) mass is 372 g/mol. The number of nitrogens with zero attached hydrogens (tertiary/aromatic N) is 2. The Balaban J connectivity index is 1.57. The molecule has 1 aliphatic heterocycles. The molecule has 0 spiro atoms. The summed E-state index contributed by atoms with van der Waals surface area (Å²) in [6.45, 7) is 6.62. The predicted molar refractivity (Wildman–Crippen MR) is 106 cm³/mol. The minimum Gasteiger partial charge on any atom is -0.496 e. The lowest BCUT2D eigenvalue weighted by molar-refractivity contribution is -0.142. The first kappa shape index (κ1) is 19.7. The molecule has 0 unspecified atom stereocenters. The molecule has 0 bridgehead atoms. The highest BCUT2D eigenvalue weighted by Gasteiger charge is 2.29. The number of benzene rings is 1. The summed E-state index contributed by atoms with van der Waals surface area (Å²) in [6.07, 6.45) is 6.02. The summed E-state index contributed by atoms with van der Waals surface area (Å²) < 4.78 is 5.51. The number of carbonyl (C=O) groups excluding carboxylic acids is 2. The highest BCUT2D eigenvalue weighted by Crippen LogP contribution is 2.27. The number of ether oxygens (including phenoxy) is 1. The van der Waals surface area contributed by atoms with Crippen molar-refractivity contribution in [2.75, 3.05) is 33.3 Å². The van der Waals surface area contributed by atoms with Crippen LogP contribution in [-0.4, -0.2) is 54.9 Å². The van der Waals surface area contributed by atoms with Gasteiger partial charge < -0.3 is 14.5 Å². The Hall–Kier alpha value is -2.04. The molecule has 5 nitrogen and oxygen atoms in total. The van der Waals surface area contributed by atoms with Crippen LogP contribution in [0.2, 0.25) is 0 Å². The highest BCUT2D eigenvalue weighted by molar-refractivity contribution is 5.81. The largest absolute Gasteiger partial charge is 0.496 e. The van der Waals surface area contributed by atoms with Crippen LogP contribution in [0.1, 0.15) is 48.8 Å². The van der Waals surface area contributed by atoms with Crippen molar-refractivity contribution in [3.05, 3.63) is 28.8 Å². The van der Waals surface area contributed by atoms with E-state index in [1.807, 2.05) is 29.7 Å². The van der Waals surface area contributed by atoms with E-state index in [4.69, 9.17) is 4.74 Å². The predicted octanol–water partition coefficient (Wildman–Crippen LogP) is 3.11. The zero-order valence-electron chi connectivity index (χ0n) is 16.9. The topological polar surface area (TPSA) is 49.9 Å². The van der Waals surface area contributed by atoms with Gasteiger partial charge in [0.05, 0.1) is 13.5 Å². The van der Waals surface area contributed by atoms with Gasteiger partial charge in [-0.2, -0.15) is 0 Å². The maximum Gasteiger partial charge on any atom is 0.227 e. The standard InChI is InChI=1S/C22H32N2O3/c1-16-13-17(2)21(27-3)19(14-16)15-20(25)23-9-11-24(12-10-23)22(26)18-7-5-4-6-8-18/h13-14,18H,4-12,15H2,1-3H3. The molecule has 1 saturated heterocycles. The Bertz CT molecular complexity index is 687. The van der Waals surface area contributed by atoms with Gasteiger partial charge >= 0.3 is 0 Å². The number of carbonyl (C=O) groups is 2. The van der Waals surface area contributed by atoms with Crippen molar-refractivity contribution < 1.29 is 14.3 Å². The fraction of sp³-hybridized carbons (Fsp3) is 0.636. The van der Waals surface area contributed by atoms with Crippen LogP contribution in [-0.2, 0) is 16.0 Å². The minimum atomic E-state index is 0.114. The van der Waals surface area contributed by atoms with Gasteiger partial charge in [0.25, 0.3) is 0 Å². The van der Waals surface area contributed by atoms with Crippen molar-refractivity contribution >= 4 is 11.8 Å². The third-order valence-electron chi connectivity index (χ3n) is 5.94. The van der Waals surface area contributed by atoms with Crippen molar-refractivity contribution in [3.63, 3.8) is 0 Å². The van der Waals surface area contributed by atoms with Gasteiger partial charge in [0.2, 0.25) is 11.8 Å². The van der Waals surface area contributed by atoms with Crippen LogP contribution in [0.3, 0.4) is 0 Å². The lowest BCUT2D eigenvalue weighted by Gasteiger charge is -2.37. The van der Waals surface area contributed by atoms with Gasteiger partial charge in [0.15, 0.2) is 0 Å². The number of rotatable bonds is 4. The first-order valence-corrected chi connectivity index (χ1v) is 10.2. The van der Waals surface area contributed by atoms with Crippen LogP contribution < -0.4 is 4.74 Å². The van der Waals surface area contributed by atoms with Crippen molar-refractivity contribution in [2.24, 2.45) is 5.92 Å². The quantitative estimate of drug-likeness (QED) is 0.816. The number of piperazine rings is 1. The van der Waals surface area contributed by atoms with E-state index in [0.717, 1.165) is 35.3 Å². The molecule has 1 heterocycles. The van der Waals surface area contributed by atoms with Crippen molar-refractivity contribution in [3.8, 4) is 5.75 Å². The zero-order chi connectivity index (χ0) is 19.4. The number of aryl methyl sites for hydroxylation is 2. The van der Waals surface area contributed by atoms with Gasteiger partial charge in [0.1, 0.15) is 5.75 Å². The molecule has 148 valence electrons. The second-order valence-corrected chi connectivity index (χ2v) is 7.99. The SMILES string of the molecule is COc1c(C)cc(C)cc1CC(=O)N1CCN(C(=O)C2CCCCC2)CC1. The lowest BCUT2D eigenvalue weighted by atomic mass is 9.88. The first-order valence-electron chi connectivity index (χ1n) is 10.2. The van der Waals surface area contributed by atoms with Gasteiger partial charge in [-0.15, -0.1) is 0 Å². The summed E-state index contributed by atoms with van der Waals surface area (Å²) >= 11 is 0. The van der Waals surface area contributed by atoms with Crippen LogP contribution in [0.5, 0.6) is 5.75 Å². The van der Waals surface area contributed by atoms with E-state index in [1.165, 1.54) is 19.3 Å². The van der Waals surface area contributed by atoms with Crippen LogP contribution in [0.15, 0.2) is 12.1 Å². The molecule has 27 heavy (non-hydrogen) atoms. The van der Waals surface area contributed by atoms with Crippen LogP contribution >= 0.6 is 0 Å². The molecule has 2 aliphatic rings. The second-order valence-electron chi connectivity index (χ2n) is 7.99. The first-order chi connectivity index (χ1) is 13.0. The molecule has 0 N–H and O–H groups in total. The van der Waals surface area contributed by atoms with Crippen molar-refractivity contribution in [1.29, 1.82) is 0 Å². The van der Waals surface area contributed by atoms with E-state index >= 15 is 0 Å². The summed E-state index contributed by atoms with van der Waals surface area (Å²) in [7, 11) is 1.65. The summed E-state index contributed by atoms with van der Waals surface area (Å²) in [5.74, 6) is 1.43. The van der Waals surface area contributed by atoms with E-state index in [1.54, 1.807) is 7.11 Å². The molecule has 1 saturated carbocycles. The fourth-order valence-electron chi connectivity index (χ4n) is 4.52. The number of hydrogen-bond donors (Lipinski definition) is 0. The highest BCUT2D eigenvalue weighted by atomic mass is 16.5. The average Bonchev–Trinajstić information content (AvgIpc) is 2.68. The maximum atomic E-state index is 12.8. The molecular weight excluding hydrogens is 340 g/mol. The molecular formula is C22H32N2O3. The van der Waals surface area contributed by atoms with Crippen LogP contribution in [0.25, 0.3) is 0 Å². The molecule has 3 rings (SSSR count). The van der Waals surface area contributed by atoms with E-state index in [2.05, 4.69) is 6.07 Å². The van der Waals surface area contributed by atoms with E-state index in [9.17, 15) is 9.59 Å². The minimum absolute atomic E-state index is 0.114. The zero-order valence-corrected chi connectivity index (χ0v) is 16.9. The Kier molecular flexibility index (Phi) is 6.40. The molecule has 5 heteroatoms.